The van der Waals surface area contributed by atoms with Crippen LogP contribution in [-0.2, 0) is 37.3 Å². The number of hydrogen-bond donors (Lipinski definition) is 0. The number of para-hydroxylation sites is 3. The Hall–Kier alpha value is -7.63. The van der Waals surface area contributed by atoms with Gasteiger partial charge < -0.3 is 9.30 Å². The molecule has 7 aromatic carbocycles. The third-order valence-electron chi connectivity index (χ3n) is 12.3. The van der Waals surface area contributed by atoms with Gasteiger partial charge in [-0.25, -0.2) is 19.9 Å². The topological polar surface area (TPSA) is 71.7 Å². The summed E-state index contributed by atoms with van der Waals surface area (Å²) < 4.78 is 102. The first-order valence-electron chi connectivity index (χ1n) is 28.4. The molecule has 0 amide bonds. The molecule has 10 aromatic rings. The number of aromatic nitrogens is 5. The van der Waals surface area contributed by atoms with Gasteiger partial charge in [-0.15, -0.1) is 23.6 Å². The van der Waals surface area contributed by atoms with Crippen molar-refractivity contribution in [2.75, 3.05) is 0 Å². The van der Waals surface area contributed by atoms with Gasteiger partial charge in [-0.05, 0) is 68.0 Å². The molecule has 0 radical (unpaired) electrons. The minimum Gasteiger partial charge on any atom is -0.508 e. The Morgan fingerprint density at radius 1 is 0.583 bits per heavy atom. The molecule has 0 saturated heterocycles. The average Bonchev–Trinajstić information content (AvgIpc) is 2.93. The van der Waals surface area contributed by atoms with E-state index in [9.17, 15) is 5.48 Å². The van der Waals surface area contributed by atoms with Crippen LogP contribution in [0.1, 0.15) is 93.2 Å². The van der Waals surface area contributed by atoms with Gasteiger partial charge in [-0.1, -0.05) is 181 Å². The van der Waals surface area contributed by atoms with Crippen molar-refractivity contribution in [2.45, 2.75) is 78.6 Å². The Balaban J connectivity index is 0.00000753. The van der Waals surface area contributed by atoms with Crippen LogP contribution in [0.2, 0.25) is 0 Å². The van der Waals surface area contributed by atoms with E-state index >= 15 is 0 Å². The summed E-state index contributed by atoms with van der Waals surface area (Å²) in [6, 6.07) is 37.3. The molecular formula is C63H55N7OPt+2. The summed E-state index contributed by atoms with van der Waals surface area (Å²) in [4.78, 5) is 20.0. The maximum atomic E-state index is 9.31. The SMILES string of the molecule is [2H]c1c([2H])c([2H])c(-c2cc(C(C)(C)C)cc(-c3c([2H])c([2H])c([2H])c([2H])c3[2H])c2[N+]2=C=[N+](c3[c-]c(Oc4[c-]c5c(cc4-c4nc(C(C)(C)C)nc(C(C)(C)C)n4)c4ccccc4n5-c4ccccn4)ccc3)c3ccccc32)c([2H])c1[2H].[Pt+2]. The van der Waals surface area contributed by atoms with Crippen molar-refractivity contribution < 1.29 is 39.5 Å². The van der Waals surface area contributed by atoms with E-state index in [4.69, 9.17) is 32.9 Å². The Labute approximate surface area is 450 Å². The van der Waals surface area contributed by atoms with Gasteiger partial charge in [0.05, 0.1) is 24.8 Å². The third-order valence-corrected chi connectivity index (χ3v) is 12.3. The van der Waals surface area contributed by atoms with Gasteiger partial charge in [0.1, 0.15) is 29.0 Å². The zero-order chi connectivity index (χ0) is 57.9. The molecule has 3 aromatic heterocycles. The van der Waals surface area contributed by atoms with Crippen LogP contribution in [0.25, 0.3) is 61.3 Å². The fraction of sp³-hybridized carbons (Fsp3) is 0.190. The first-order chi connectivity index (χ1) is 38.2. The summed E-state index contributed by atoms with van der Waals surface area (Å²) in [7, 11) is 0. The van der Waals surface area contributed by atoms with Crippen molar-refractivity contribution in [2.24, 2.45) is 0 Å². The molecule has 8 nitrogen and oxygen atoms in total. The minimum atomic E-state index is -0.662. The van der Waals surface area contributed by atoms with Crippen LogP contribution in [0, 0.1) is 12.1 Å². The maximum absolute atomic E-state index is 9.31. The van der Waals surface area contributed by atoms with Crippen molar-refractivity contribution in [3.8, 4) is 51.0 Å². The predicted molar refractivity (Wildman–Crippen MR) is 289 cm³/mol. The molecule has 0 bridgehead atoms. The van der Waals surface area contributed by atoms with Crippen LogP contribution in [0.3, 0.4) is 0 Å². The van der Waals surface area contributed by atoms with Crippen molar-refractivity contribution in [1.29, 1.82) is 0 Å². The third kappa shape index (κ3) is 8.91. The summed E-state index contributed by atoms with van der Waals surface area (Å²) in [5.74, 6) is 2.86. The van der Waals surface area contributed by atoms with E-state index in [1.54, 1.807) is 33.5 Å². The summed E-state index contributed by atoms with van der Waals surface area (Å²) >= 11 is 0. The van der Waals surface area contributed by atoms with Crippen LogP contribution >= 0.6 is 0 Å². The molecule has 0 saturated carbocycles. The second-order valence-electron chi connectivity index (χ2n) is 20.6. The Morgan fingerprint density at radius 3 is 1.78 bits per heavy atom. The number of ether oxygens (including phenoxy) is 1. The van der Waals surface area contributed by atoms with E-state index in [0.717, 1.165) is 16.3 Å². The van der Waals surface area contributed by atoms with Crippen molar-refractivity contribution in [1.82, 2.24) is 33.7 Å². The van der Waals surface area contributed by atoms with Crippen LogP contribution in [0.4, 0.5) is 22.7 Å². The van der Waals surface area contributed by atoms with E-state index in [-0.39, 0.29) is 54.8 Å². The molecule has 0 atom stereocenters. The number of rotatable bonds is 8. The molecule has 9 heteroatoms. The van der Waals surface area contributed by atoms with Gasteiger partial charge in [0, 0.05) is 46.2 Å². The fourth-order valence-electron chi connectivity index (χ4n) is 8.66. The van der Waals surface area contributed by atoms with Crippen molar-refractivity contribution >= 4 is 50.6 Å². The standard InChI is InChI=1S/C63H55N7O.Pt/c1-61(2,3)43-35-47(41-23-12-10-13-24-41)57(48(36-43)42-25-14-11-15-26-42)69-40-68(52-31-18-19-32-53(52)69)44-27-22-28-45(37-44)71-55-39-54-49(46-29-16-17-30-51(46)70(54)56-33-20-21-34-64-56)38-50(55)58-65-59(62(4,5)6)67-60(66-58)63(7,8)9;/h10-36,38H,1-9H3;/q;+2/i10D,11D,12D,13D,14D,15D,23D,24D,25D,26D;. The van der Waals surface area contributed by atoms with Gasteiger partial charge >= 0.3 is 27.1 Å². The maximum Gasteiger partial charge on any atom is 2.00 e. The minimum absolute atomic E-state index is 0. The Bertz CT molecular complexity index is 4200. The number of nitrogens with zero attached hydrogens (tertiary/aromatic N) is 7. The number of pyridine rings is 1. The van der Waals surface area contributed by atoms with Crippen LogP contribution in [-0.4, -0.2) is 30.5 Å². The molecule has 11 rings (SSSR count). The first kappa shape index (κ1) is 37.2. The van der Waals surface area contributed by atoms with Gasteiger partial charge in [0.2, 0.25) is 5.69 Å². The van der Waals surface area contributed by atoms with Crippen LogP contribution in [0.15, 0.2) is 170 Å². The molecule has 0 aliphatic carbocycles. The van der Waals surface area contributed by atoms with E-state index in [2.05, 4.69) is 65.7 Å². The number of benzene rings is 7. The molecule has 4 heterocycles. The van der Waals surface area contributed by atoms with Crippen molar-refractivity contribution in [3.05, 3.63) is 199 Å². The van der Waals surface area contributed by atoms with Crippen LogP contribution < -0.4 is 13.9 Å². The van der Waals surface area contributed by atoms with E-state index in [0.29, 0.717) is 62.7 Å². The monoisotopic (exact) mass is 1130 g/mol. The zero-order valence-corrected chi connectivity index (χ0v) is 43.5. The second kappa shape index (κ2) is 18.5. The van der Waals surface area contributed by atoms with E-state index in [1.807, 2.05) is 104 Å². The zero-order valence-electron chi connectivity index (χ0n) is 51.2. The van der Waals surface area contributed by atoms with E-state index in [1.165, 1.54) is 0 Å². The number of fused-ring (bicyclic) bond motifs is 4. The van der Waals surface area contributed by atoms with Gasteiger partial charge in [0.25, 0.3) is 11.4 Å². The second-order valence-corrected chi connectivity index (χ2v) is 20.6. The smallest absolute Gasteiger partial charge is 0.508 e. The molecular weight excluding hydrogens is 1070 g/mol. The molecule has 1 aliphatic heterocycles. The number of hydrogen-bond acceptors (Lipinski definition) is 5. The molecule has 0 fully saturated rings. The molecule has 356 valence electrons. The van der Waals surface area contributed by atoms with Gasteiger partial charge in [-0.2, -0.15) is 6.07 Å². The van der Waals surface area contributed by atoms with E-state index < -0.39 is 76.7 Å². The molecule has 0 spiro atoms. The summed E-state index contributed by atoms with van der Waals surface area (Å²) in [5, 5.41) is 1.82. The first-order valence-corrected chi connectivity index (χ1v) is 23.4. The summed E-state index contributed by atoms with van der Waals surface area (Å²) in [5.41, 5.74) is 2.87. The van der Waals surface area contributed by atoms with Crippen molar-refractivity contribution in [3.63, 3.8) is 0 Å². The largest absolute Gasteiger partial charge is 2.00 e. The van der Waals surface area contributed by atoms with Gasteiger partial charge in [0.15, 0.2) is 0 Å². The average molecular weight is 1130 g/mol. The van der Waals surface area contributed by atoms with Crippen LogP contribution in [0.5, 0.6) is 11.5 Å². The molecule has 0 unspecified atom stereocenters. The Kier molecular flexibility index (Phi) is 9.57. The summed E-state index contributed by atoms with van der Waals surface area (Å²) in [6.07, 6.45) is 1.74. The predicted octanol–water partition coefficient (Wildman–Crippen LogP) is 15.5. The quantitative estimate of drug-likeness (QED) is 0.112. The fourth-order valence-corrected chi connectivity index (χ4v) is 8.66. The normalized spacial score (nSPS) is 14.6. The van der Waals surface area contributed by atoms with Gasteiger partial charge in [-0.3, -0.25) is 0 Å². The molecule has 72 heavy (non-hydrogen) atoms. The Morgan fingerprint density at radius 2 is 1.18 bits per heavy atom. The summed E-state index contributed by atoms with van der Waals surface area (Å²) in [6.45, 7) is 18.2. The molecule has 1 aliphatic rings. The molecule has 0 N–H and O–H groups in total.